The van der Waals surface area contributed by atoms with Gasteiger partial charge in [0, 0.05) is 11.3 Å². The molecule has 3 nitrogen and oxygen atoms in total. The van der Waals surface area contributed by atoms with Crippen LogP contribution in [0.1, 0.15) is 32.8 Å². The SMILES string of the molecule is C=CCC(=O)[C@@H](CS(=O)c1ccc(C)cc1)O[Si](C)(C)C(C)(C)C. The smallest absolute Gasteiger partial charge is 0.193 e. The van der Waals surface area contributed by atoms with E-state index >= 15 is 0 Å². The Labute approximate surface area is 150 Å². The summed E-state index contributed by atoms with van der Waals surface area (Å²) in [5.41, 5.74) is 1.12. The number of carbonyl (C=O) groups excluding carboxylic acids is 1. The van der Waals surface area contributed by atoms with Gasteiger partial charge in [-0.2, -0.15) is 0 Å². The molecule has 0 amide bonds. The van der Waals surface area contributed by atoms with Crippen LogP contribution in [0.3, 0.4) is 0 Å². The summed E-state index contributed by atoms with van der Waals surface area (Å²) in [5.74, 6) is 0.151. The van der Waals surface area contributed by atoms with Crippen molar-refractivity contribution in [3.63, 3.8) is 0 Å². The number of benzene rings is 1. The van der Waals surface area contributed by atoms with Gasteiger partial charge in [-0.3, -0.25) is 9.00 Å². The summed E-state index contributed by atoms with van der Waals surface area (Å²) in [5, 5.41) is -0.00887. The molecule has 24 heavy (non-hydrogen) atoms. The number of allylic oxidation sites excluding steroid dienone is 1. The molecule has 0 spiro atoms. The van der Waals surface area contributed by atoms with Gasteiger partial charge in [-0.25, -0.2) is 0 Å². The van der Waals surface area contributed by atoms with Crippen LogP contribution in [0.25, 0.3) is 0 Å². The van der Waals surface area contributed by atoms with E-state index in [-0.39, 0.29) is 23.0 Å². The highest BCUT2D eigenvalue weighted by Crippen LogP contribution is 2.37. The Morgan fingerprint density at radius 2 is 1.83 bits per heavy atom. The first-order valence-electron chi connectivity index (χ1n) is 8.24. The molecule has 0 aliphatic rings. The molecule has 5 heteroatoms. The lowest BCUT2D eigenvalue weighted by Gasteiger charge is -2.38. The molecule has 0 fully saturated rings. The van der Waals surface area contributed by atoms with E-state index in [1.165, 1.54) is 0 Å². The van der Waals surface area contributed by atoms with Gasteiger partial charge in [0.05, 0.1) is 16.6 Å². The van der Waals surface area contributed by atoms with Crippen molar-refractivity contribution in [2.24, 2.45) is 0 Å². The van der Waals surface area contributed by atoms with Crippen molar-refractivity contribution >= 4 is 24.9 Å². The molecule has 134 valence electrons. The van der Waals surface area contributed by atoms with Gasteiger partial charge in [0.2, 0.25) is 0 Å². The third kappa shape index (κ3) is 5.79. The van der Waals surface area contributed by atoms with Crippen molar-refractivity contribution in [3.05, 3.63) is 42.5 Å². The van der Waals surface area contributed by atoms with E-state index in [1.807, 2.05) is 31.2 Å². The number of aryl methyl sites for hydroxylation is 1. The first-order valence-corrected chi connectivity index (χ1v) is 12.5. The zero-order valence-corrected chi connectivity index (χ0v) is 17.5. The Morgan fingerprint density at radius 1 is 1.29 bits per heavy atom. The van der Waals surface area contributed by atoms with Crippen molar-refractivity contribution in [3.8, 4) is 0 Å². The zero-order valence-electron chi connectivity index (χ0n) is 15.7. The molecular formula is C19H30O3SSi. The molecule has 0 N–H and O–H groups in total. The Morgan fingerprint density at radius 3 is 2.29 bits per heavy atom. The van der Waals surface area contributed by atoms with Crippen LogP contribution in [0.4, 0.5) is 0 Å². The van der Waals surface area contributed by atoms with Crippen LogP contribution in [-0.4, -0.2) is 30.2 Å². The molecule has 1 aromatic carbocycles. The number of carbonyl (C=O) groups is 1. The van der Waals surface area contributed by atoms with Gasteiger partial charge in [0.25, 0.3) is 0 Å². The molecule has 1 aromatic rings. The predicted octanol–water partition coefficient (Wildman–Crippen LogP) is 4.64. The largest absolute Gasteiger partial charge is 0.406 e. The Hall–Kier alpha value is -1.04. The lowest BCUT2D eigenvalue weighted by Crippen LogP contribution is -2.47. The average molecular weight is 367 g/mol. The van der Waals surface area contributed by atoms with E-state index in [2.05, 4.69) is 40.4 Å². The second kappa shape index (κ2) is 8.36. The zero-order chi connectivity index (χ0) is 18.5. The highest BCUT2D eigenvalue weighted by Gasteiger charge is 2.40. The molecule has 1 unspecified atom stereocenters. The molecule has 0 bridgehead atoms. The van der Waals surface area contributed by atoms with Gasteiger partial charge < -0.3 is 4.43 Å². The van der Waals surface area contributed by atoms with Crippen LogP contribution in [0.2, 0.25) is 18.1 Å². The number of hydrogen-bond donors (Lipinski definition) is 0. The van der Waals surface area contributed by atoms with Gasteiger partial charge in [0.1, 0.15) is 6.10 Å². The molecular weight excluding hydrogens is 336 g/mol. The van der Waals surface area contributed by atoms with E-state index in [0.29, 0.717) is 0 Å². The van der Waals surface area contributed by atoms with Crippen molar-refractivity contribution in [2.75, 3.05) is 5.75 Å². The minimum Gasteiger partial charge on any atom is -0.406 e. The van der Waals surface area contributed by atoms with Crippen molar-refractivity contribution in [2.45, 2.75) is 63.2 Å². The van der Waals surface area contributed by atoms with E-state index in [9.17, 15) is 9.00 Å². The summed E-state index contributed by atoms with van der Waals surface area (Å²) in [6, 6.07) is 7.57. The molecule has 0 heterocycles. The van der Waals surface area contributed by atoms with Crippen LogP contribution in [-0.2, 0) is 20.0 Å². The van der Waals surface area contributed by atoms with Crippen LogP contribution in [0.15, 0.2) is 41.8 Å². The monoisotopic (exact) mass is 366 g/mol. The first kappa shape index (κ1) is 21.0. The normalized spacial score (nSPS) is 14.9. The first-order chi connectivity index (χ1) is 11.0. The summed E-state index contributed by atoms with van der Waals surface area (Å²) in [6.07, 6.45) is 1.18. The van der Waals surface area contributed by atoms with Crippen LogP contribution in [0, 0.1) is 6.92 Å². The summed E-state index contributed by atoms with van der Waals surface area (Å²) in [4.78, 5) is 13.2. The Kier molecular flexibility index (Phi) is 7.32. The Balaban J connectivity index is 2.98. The number of rotatable bonds is 8. The van der Waals surface area contributed by atoms with E-state index < -0.39 is 25.2 Å². The summed E-state index contributed by atoms with van der Waals surface area (Å²) in [7, 11) is -3.39. The fourth-order valence-electron chi connectivity index (χ4n) is 1.92. The maximum Gasteiger partial charge on any atom is 0.193 e. The van der Waals surface area contributed by atoms with Gasteiger partial charge in [0.15, 0.2) is 14.1 Å². The van der Waals surface area contributed by atoms with Gasteiger partial charge in [-0.1, -0.05) is 44.5 Å². The molecule has 0 aromatic heterocycles. The maximum absolute atomic E-state index is 12.7. The molecule has 0 saturated carbocycles. The average Bonchev–Trinajstić information content (AvgIpc) is 2.46. The maximum atomic E-state index is 12.7. The minimum absolute atomic E-state index is 0.00887. The predicted molar refractivity (Wildman–Crippen MR) is 104 cm³/mol. The molecule has 0 aliphatic carbocycles. The molecule has 0 saturated heterocycles. The standard InChI is InChI=1S/C19H30O3SSi/c1-8-9-17(20)18(22-24(6,7)19(3,4)5)14-23(21)16-12-10-15(2)11-13-16/h8,10-13,18H,1,9,14H2,2-7H3/t18-,23?/m1/s1. The quantitative estimate of drug-likeness (QED) is 0.497. The lowest BCUT2D eigenvalue weighted by atomic mass is 10.2. The third-order valence-electron chi connectivity index (χ3n) is 4.53. The fraction of sp³-hybridized carbons (Fsp3) is 0.526. The van der Waals surface area contributed by atoms with Crippen LogP contribution < -0.4 is 0 Å². The number of hydrogen-bond acceptors (Lipinski definition) is 3. The van der Waals surface area contributed by atoms with Gasteiger partial charge >= 0.3 is 0 Å². The molecule has 1 rings (SSSR count). The van der Waals surface area contributed by atoms with Crippen LogP contribution >= 0.6 is 0 Å². The topological polar surface area (TPSA) is 43.4 Å². The number of ketones is 1. The van der Waals surface area contributed by atoms with E-state index in [0.717, 1.165) is 10.5 Å². The van der Waals surface area contributed by atoms with Crippen molar-refractivity contribution in [1.29, 1.82) is 0 Å². The third-order valence-corrected chi connectivity index (χ3v) is 10.4. The lowest BCUT2D eigenvalue weighted by molar-refractivity contribution is -0.124. The van der Waals surface area contributed by atoms with Crippen LogP contribution in [0.5, 0.6) is 0 Å². The highest BCUT2D eigenvalue weighted by atomic mass is 32.2. The van der Waals surface area contributed by atoms with Crippen molar-refractivity contribution < 1.29 is 13.4 Å². The summed E-state index contributed by atoms with van der Waals surface area (Å²) in [6.45, 7) is 16.2. The second-order valence-corrected chi connectivity index (χ2v) is 13.9. The summed E-state index contributed by atoms with van der Waals surface area (Å²) < 4.78 is 19.0. The highest BCUT2D eigenvalue weighted by molar-refractivity contribution is 7.85. The molecule has 0 radical (unpaired) electrons. The van der Waals surface area contributed by atoms with Crippen molar-refractivity contribution in [1.82, 2.24) is 0 Å². The number of Topliss-reactive ketones (excluding diaryl/α,β-unsaturated/α-hetero) is 1. The van der Waals surface area contributed by atoms with Gasteiger partial charge in [-0.05, 0) is 37.2 Å². The summed E-state index contributed by atoms with van der Waals surface area (Å²) >= 11 is 0. The fourth-order valence-corrected chi connectivity index (χ4v) is 4.48. The minimum atomic E-state index is -2.13. The second-order valence-electron chi connectivity index (χ2n) is 7.65. The molecule has 2 atom stereocenters. The van der Waals surface area contributed by atoms with Gasteiger partial charge in [-0.15, -0.1) is 6.58 Å². The Bertz CT molecular complexity index is 600. The van der Waals surface area contributed by atoms with E-state index in [1.54, 1.807) is 6.08 Å². The van der Waals surface area contributed by atoms with E-state index in [4.69, 9.17) is 4.43 Å². The molecule has 0 aliphatic heterocycles.